The Hall–Kier alpha value is -1.60. The molecule has 0 spiro atoms. The highest BCUT2D eigenvalue weighted by Gasteiger charge is 2.44. The van der Waals surface area contributed by atoms with Crippen LogP contribution in [0, 0.1) is 11.2 Å². The first-order valence-electron chi connectivity index (χ1n) is 7.77. The van der Waals surface area contributed by atoms with Crippen molar-refractivity contribution in [2.75, 3.05) is 13.1 Å². The molecular weight excluding hydrogens is 372 g/mol. The Morgan fingerprint density at radius 1 is 1.24 bits per heavy atom. The molecule has 0 aromatic carbocycles. The number of amides is 2. The lowest BCUT2D eigenvalue weighted by atomic mass is 9.80. The van der Waals surface area contributed by atoms with Crippen LogP contribution in [0.25, 0.3) is 0 Å². The van der Waals surface area contributed by atoms with Crippen molar-refractivity contribution in [1.82, 2.24) is 14.8 Å². The number of nitrogens with zero attached hydrogens (tertiary/aromatic N) is 3. The topological polar surface area (TPSA) is 73.7 Å². The zero-order valence-electron chi connectivity index (χ0n) is 14.4. The lowest BCUT2D eigenvalue weighted by Crippen LogP contribution is -2.65. The molecule has 2 unspecified atom stereocenters. The van der Waals surface area contributed by atoms with Gasteiger partial charge >= 0.3 is 6.09 Å². The molecule has 2 amide bonds. The van der Waals surface area contributed by atoms with Crippen molar-refractivity contribution in [2.24, 2.45) is 5.41 Å². The fourth-order valence-electron chi connectivity index (χ4n) is 3.43. The van der Waals surface area contributed by atoms with E-state index in [4.69, 9.17) is 23.2 Å². The standard InChI is InChI=1S/C16H20Cl2FN3O3/c1-8-11(16(2,3)4)22(15(24)25)6-5-21(8)14(23)9-7-10(19)13(18)20-12(9)17/h7-8,11H,5-6H2,1-4H3,(H,24,25). The summed E-state index contributed by atoms with van der Waals surface area (Å²) in [5.74, 6) is -1.33. The summed E-state index contributed by atoms with van der Waals surface area (Å²) in [4.78, 5) is 30.9. The number of aromatic nitrogens is 1. The van der Waals surface area contributed by atoms with Gasteiger partial charge in [-0.1, -0.05) is 44.0 Å². The van der Waals surface area contributed by atoms with Gasteiger partial charge in [0, 0.05) is 13.1 Å². The van der Waals surface area contributed by atoms with Crippen LogP contribution in [0.4, 0.5) is 9.18 Å². The lowest BCUT2D eigenvalue weighted by Gasteiger charge is -2.50. The quantitative estimate of drug-likeness (QED) is 0.739. The third kappa shape index (κ3) is 3.82. The van der Waals surface area contributed by atoms with E-state index in [-0.39, 0.29) is 23.8 Å². The number of hydrogen-bond acceptors (Lipinski definition) is 3. The molecule has 0 saturated carbocycles. The van der Waals surface area contributed by atoms with Crippen molar-refractivity contribution in [3.05, 3.63) is 27.8 Å². The van der Waals surface area contributed by atoms with Crippen molar-refractivity contribution >= 4 is 35.2 Å². The van der Waals surface area contributed by atoms with Crippen LogP contribution in [-0.4, -0.2) is 57.1 Å². The summed E-state index contributed by atoms with van der Waals surface area (Å²) in [6, 6.07) is 0.112. The Kier molecular flexibility index (Phi) is 5.49. The lowest BCUT2D eigenvalue weighted by molar-refractivity contribution is -0.00895. The molecule has 1 saturated heterocycles. The summed E-state index contributed by atoms with van der Waals surface area (Å²) in [5, 5.41) is 8.88. The SMILES string of the molecule is CC1C(C(C)(C)C)N(C(=O)O)CCN1C(=O)c1cc(F)c(Cl)nc1Cl. The minimum Gasteiger partial charge on any atom is -0.465 e. The van der Waals surface area contributed by atoms with Gasteiger partial charge in [-0.05, 0) is 18.4 Å². The molecule has 2 atom stereocenters. The Morgan fingerprint density at radius 2 is 1.80 bits per heavy atom. The normalized spacial score (nSPS) is 21.4. The molecule has 2 heterocycles. The van der Waals surface area contributed by atoms with Crippen LogP contribution in [-0.2, 0) is 0 Å². The predicted molar refractivity (Wildman–Crippen MR) is 92.7 cm³/mol. The van der Waals surface area contributed by atoms with Gasteiger partial charge in [0.25, 0.3) is 5.91 Å². The molecule has 1 aliphatic heterocycles. The van der Waals surface area contributed by atoms with Crippen LogP contribution < -0.4 is 0 Å². The van der Waals surface area contributed by atoms with Crippen molar-refractivity contribution in [2.45, 2.75) is 39.8 Å². The molecule has 1 N–H and O–H groups in total. The fraction of sp³-hybridized carbons (Fsp3) is 0.562. The Balaban J connectivity index is 2.39. The number of carboxylic acid groups (broad SMARTS) is 1. The minimum absolute atomic E-state index is 0.0909. The second kappa shape index (κ2) is 6.96. The summed E-state index contributed by atoms with van der Waals surface area (Å²) in [6.07, 6.45) is -1.03. The van der Waals surface area contributed by atoms with Crippen LogP contribution in [0.2, 0.25) is 10.3 Å². The number of piperazine rings is 1. The van der Waals surface area contributed by atoms with E-state index < -0.39 is 40.5 Å². The van der Waals surface area contributed by atoms with Crippen LogP contribution in [0.3, 0.4) is 0 Å². The van der Waals surface area contributed by atoms with E-state index >= 15 is 0 Å². The number of carbonyl (C=O) groups is 2. The Labute approximate surface area is 155 Å². The van der Waals surface area contributed by atoms with Gasteiger partial charge in [0.2, 0.25) is 0 Å². The fourth-order valence-corrected chi connectivity index (χ4v) is 3.83. The van der Waals surface area contributed by atoms with Crippen LogP contribution in [0.1, 0.15) is 38.1 Å². The molecule has 25 heavy (non-hydrogen) atoms. The average molecular weight is 392 g/mol. The van der Waals surface area contributed by atoms with E-state index in [0.29, 0.717) is 0 Å². The molecule has 1 aliphatic rings. The third-order valence-electron chi connectivity index (χ3n) is 4.38. The molecule has 0 aliphatic carbocycles. The largest absolute Gasteiger partial charge is 0.465 e. The highest BCUT2D eigenvalue weighted by atomic mass is 35.5. The van der Waals surface area contributed by atoms with Crippen molar-refractivity contribution < 1.29 is 19.1 Å². The molecule has 0 bridgehead atoms. The van der Waals surface area contributed by atoms with E-state index in [1.165, 1.54) is 9.80 Å². The summed E-state index contributed by atoms with van der Waals surface area (Å²) in [6.45, 7) is 7.85. The van der Waals surface area contributed by atoms with Gasteiger partial charge in [0.1, 0.15) is 5.15 Å². The third-order valence-corrected chi connectivity index (χ3v) is 4.93. The van der Waals surface area contributed by atoms with E-state index in [9.17, 15) is 19.1 Å². The summed E-state index contributed by atoms with van der Waals surface area (Å²) in [7, 11) is 0. The summed E-state index contributed by atoms with van der Waals surface area (Å²) >= 11 is 11.5. The second-order valence-corrected chi connectivity index (χ2v) is 7.84. The molecule has 0 radical (unpaired) electrons. The predicted octanol–water partition coefficient (Wildman–Crippen LogP) is 3.77. The van der Waals surface area contributed by atoms with E-state index in [0.717, 1.165) is 6.07 Å². The molecule has 1 aromatic rings. The number of carbonyl (C=O) groups excluding carboxylic acids is 1. The minimum atomic E-state index is -1.03. The van der Waals surface area contributed by atoms with Gasteiger partial charge in [0.05, 0.1) is 17.6 Å². The van der Waals surface area contributed by atoms with Crippen LogP contribution in [0.15, 0.2) is 6.07 Å². The zero-order valence-corrected chi connectivity index (χ0v) is 15.9. The van der Waals surface area contributed by atoms with Crippen molar-refractivity contribution in [3.63, 3.8) is 0 Å². The first-order valence-corrected chi connectivity index (χ1v) is 8.52. The maximum atomic E-state index is 13.7. The summed E-state index contributed by atoms with van der Waals surface area (Å²) in [5.41, 5.74) is -0.490. The van der Waals surface area contributed by atoms with Gasteiger partial charge in [-0.2, -0.15) is 0 Å². The Bertz CT molecular complexity index is 709. The number of hydrogen-bond donors (Lipinski definition) is 1. The highest BCUT2D eigenvalue weighted by Crippen LogP contribution is 2.33. The van der Waals surface area contributed by atoms with Gasteiger partial charge in [-0.25, -0.2) is 14.2 Å². The van der Waals surface area contributed by atoms with Crippen LogP contribution >= 0.6 is 23.2 Å². The number of halogens is 3. The number of pyridine rings is 1. The maximum absolute atomic E-state index is 13.7. The first kappa shape index (κ1) is 19.7. The molecule has 9 heteroatoms. The molecule has 1 aromatic heterocycles. The zero-order chi connectivity index (χ0) is 19.1. The monoisotopic (exact) mass is 391 g/mol. The van der Waals surface area contributed by atoms with Gasteiger partial charge in [-0.15, -0.1) is 0 Å². The molecule has 138 valence electrons. The Morgan fingerprint density at radius 3 is 2.32 bits per heavy atom. The average Bonchev–Trinajstić information content (AvgIpc) is 2.48. The van der Waals surface area contributed by atoms with Gasteiger partial charge in [0.15, 0.2) is 11.0 Å². The molecule has 6 nitrogen and oxygen atoms in total. The van der Waals surface area contributed by atoms with Gasteiger partial charge < -0.3 is 14.9 Å². The first-order chi connectivity index (χ1) is 11.4. The van der Waals surface area contributed by atoms with Crippen LogP contribution in [0.5, 0.6) is 0 Å². The van der Waals surface area contributed by atoms with Gasteiger partial charge in [-0.3, -0.25) is 4.79 Å². The van der Waals surface area contributed by atoms with Crippen molar-refractivity contribution in [1.29, 1.82) is 0 Å². The second-order valence-electron chi connectivity index (χ2n) is 7.13. The van der Waals surface area contributed by atoms with E-state index in [2.05, 4.69) is 4.98 Å². The molecule has 2 rings (SSSR count). The van der Waals surface area contributed by atoms with Crippen molar-refractivity contribution in [3.8, 4) is 0 Å². The number of rotatable bonds is 1. The molecular formula is C16H20Cl2FN3O3. The maximum Gasteiger partial charge on any atom is 0.407 e. The summed E-state index contributed by atoms with van der Waals surface area (Å²) < 4.78 is 13.7. The van der Waals surface area contributed by atoms with E-state index in [1.807, 2.05) is 20.8 Å². The highest BCUT2D eigenvalue weighted by molar-refractivity contribution is 6.34. The smallest absolute Gasteiger partial charge is 0.407 e. The molecule has 1 fully saturated rings. The van der Waals surface area contributed by atoms with E-state index in [1.54, 1.807) is 6.92 Å².